The Bertz CT molecular complexity index is 296. The summed E-state index contributed by atoms with van der Waals surface area (Å²) in [5, 5.41) is 3.46. The van der Waals surface area contributed by atoms with E-state index in [1.54, 1.807) is 0 Å². The summed E-state index contributed by atoms with van der Waals surface area (Å²) in [6.07, 6.45) is 1.18. The molecule has 0 saturated heterocycles. The summed E-state index contributed by atoms with van der Waals surface area (Å²) in [6.45, 7) is 3.35. The van der Waals surface area contributed by atoms with Gasteiger partial charge in [0.1, 0.15) is 0 Å². The first-order chi connectivity index (χ1) is 5.77. The standard InChI is InChI=1S/C10H12IN/c1-7-10-6-9(11)3-2-8(10)4-5-12-7/h2-3,6-7,12H,4-5H2,1H3. The van der Waals surface area contributed by atoms with Crippen LogP contribution in [0.15, 0.2) is 18.2 Å². The van der Waals surface area contributed by atoms with Crippen molar-refractivity contribution < 1.29 is 0 Å². The van der Waals surface area contributed by atoms with Crippen molar-refractivity contribution in [2.45, 2.75) is 19.4 Å². The molecule has 64 valence electrons. The second-order valence-corrected chi connectivity index (χ2v) is 4.51. The van der Waals surface area contributed by atoms with Gasteiger partial charge in [0, 0.05) is 9.61 Å². The SMILES string of the molecule is CC1NCCc2ccc(I)cc21. The van der Waals surface area contributed by atoms with Crippen molar-refractivity contribution in [3.8, 4) is 0 Å². The van der Waals surface area contributed by atoms with Crippen LogP contribution in [0, 0.1) is 3.57 Å². The van der Waals surface area contributed by atoms with Crippen molar-refractivity contribution in [3.05, 3.63) is 32.9 Å². The average Bonchev–Trinajstić information content (AvgIpc) is 2.07. The molecular formula is C10H12IN. The van der Waals surface area contributed by atoms with Gasteiger partial charge in [0.15, 0.2) is 0 Å². The van der Waals surface area contributed by atoms with Crippen molar-refractivity contribution in [1.82, 2.24) is 5.32 Å². The summed E-state index contributed by atoms with van der Waals surface area (Å²) < 4.78 is 1.34. The highest BCUT2D eigenvalue weighted by molar-refractivity contribution is 14.1. The quantitative estimate of drug-likeness (QED) is 0.716. The van der Waals surface area contributed by atoms with Gasteiger partial charge in [0.2, 0.25) is 0 Å². The lowest BCUT2D eigenvalue weighted by molar-refractivity contribution is 0.540. The molecule has 1 nitrogen and oxygen atoms in total. The molecule has 0 fully saturated rings. The zero-order valence-electron chi connectivity index (χ0n) is 7.10. The van der Waals surface area contributed by atoms with Crippen LogP contribution in [0.25, 0.3) is 0 Å². The third kappa shape index (κ3) is 1.50. The maximum atomic E-state index is 3.46. The minimum Gasteiger partial charge on any atom is -0.310 e. The molecule has 1 heterocycles. The number of fused-ring (bicyclic) bond motifs is 1. The molecule has 2 heteroatoms. The molecule has 1 atom stereocenters. The molecule has 1 unspecified atom stereocenters. The Morgan fingerprint density at radius 2 is 2.33 bits per heavy atom. The fourth-order valence-electron chi connectivity index (χ4n) is 1.73. The van der Waals surface area contributed by atoms with E-state index in [1.807, 2.05) is 0 Å². The Balaban J connectivity index is 2.47. The number of hydrogen-bond donors (Lipinski definition) is 1. The molecular weight excluding hydrogens is 261 g/mol. The third-order valence-corrected chi connectivity index (χ3v) is 3.09. The second-order valence-electron chi connectivity index (χ2n) is 3.27. The monoisotopic (exact) mass is 273 g/mol. The number of rotatable bonds is 0. The van der Waals surface area contributed by atoms with Crippen LogP contribution in [0.1, 0.15) is 24.1 Å². The van der Waals surface area contributed by atoms with Crippen LogP contribution in [0.5, 0.6) is 0 Å². The summed E-state index contributed by atoms with van der Waals surface area (Å²) >= 11 is 2.37. The Kier molecular flexibility index (Phi) is 2.37. The molecule has 0 radical (unpaired) electrons. The fourth-order valence-corrected chi connectivity index (χ4v) is 2.25. The third-order valence-electron chi connectivity index (χ3n) is 2.42. The molecule has 0 bridgehead atoms. The van der Waals surface area contributed by atoms with Gasteiger partial charge in [-0.05, 0) is 65.7 Å². The van der Waals surface area contributed by atoms with E-state index in [1.165, 1.54) is 21.1 Å². The minimum absolute atomic E-state index is 0.531. The summed E-state index contributed by atoms with van der Waals surface area (Å²) in [7, 11) is 0. The summed E-state index contributed by atoms with van der Waals surface area (Å²) in [5.74, 6) is 0. The van der Waals surface area contributed by atoms with Gasteiger partial charge in [0.25, 0.3) is 0 Å². The highest BCUT2D eigenvalue weighted by Crippen LogP contribution is 2.23. The molecule has 1 aliphatic rings. The molecule has 0 aliphatic carbocycles. The number of hydrogen-bond acceptors (Lipinski definition) is 1. The van der Waals surface area contributed by atoms with Crippen molar-refractivity contribution in [2.75, 3.05) is 6.54 Å². The summed E-state index contributed by atoms with van der Waals surface area (Å²) in [5.41, 5.74) is 3.00. The van der Waals surface area contributed by atoms with Crippen LogP contribution in [0.3, 0.4) is 0 Å². The van der Waals surface area contributed by atoms with Gasteiger partial charge in [-0.1, -0.05) is 6.07 Å². The first-order valence-electron chi connectivity index (χ1n) is 4.29. The number of halogens is 1. The zero-order chi connectivity index (χ0) is 8.55. The van der Waals surface area contributed by atoms with Crippen LogP contribution in [-0.4, -0.2) is 6.54 Å². The second kappa shape index (κ2) is 3.34. The average molecular weight is 273 g/mol. The molecule has 1 N–H and O–H groups in total. The number of nitrogens with one attached hydrogen (secondary N) is 1. The molecule has 1 aromatic rings. The van der Waals surface area contributed by atoms with Gasteiger partial charge < -0.3 is 5.32 Å². The first-order valence-corrected chi connectivity index (χ1v) is 5.37. The molecule has 2 rings (SSSR count). The van der Waals surface area contributed by atoms with Crippen LogP contribution >= 0.6 is 22.6 Å². The van der Waals surface area contributed by atoms with E-state index in [2.05, 4.69) is 53.0 Å². The molecule has 1 aliphatic heterocycles. The van der Waals surface area contributed by atoms with Crippen LogP contribution < -0.4 is 5.32 Å². The van der Waals surface area contributed by atoms with Gasteiger partial charge in [-0.3, -0.25) is 0 Å². The zero-order valence-corrected chi connectivity index (χ0v) is 9.26. The Hall–Kier alpha value is -0.0900. The Morgan fingerprint density at radius 3 is 3.17 bits per heavy atom. The van der Waals surface area contributed by atoms with E-state index >= 15 is 0 Å². The lowest BCUT2D eigenvalue weighted by Crippen LogP contribution is -2.27. The lowest BCUT2D eigenvalue weighted by Gasteiger charge is -2.23. The fraction of sp³-hybridized carbons (Fsp3) is 0.400. The maximum Gasteiger partial charge on any atom is 0.0295 e. The lowest BCUT2D eigenvalue weighted by atomic mass is 9.96. The van der Waals surface area contributed by atoms with E-state index in [9.17, 15) is 0 Å². The maximum absolute atomic E-state index is 3.46. The molecule has 0 spiro atoms. The molecule has 1 aromatic carbocycles. The van der Waals surface area contributed by atoms with Gasteiger partial charge in [0.05, 0.1) is 0 Å². The molecule has 12 heavy (non-hydrogen) atoms. The van der Waals surface area contributed by atoms with Crippen molar-refractivity contribution in [3.63, 3.8) is 0 Å². The smallest absolute Gasteiger partial charge is 0.0295 e. The number of benzene rings is 1. The Morgan fingerprint density at radius 1 is 1.50 bits per heavy atom. The van der Waals surface area contributed by atoms with Crippen LogP contribution in [-0.2, 0) is 6.42 Å². The molecule has 0 saturated carbocycles. The summed E-state index contributed by atoms with van der Waals surface area (Å²) in [6, 6.07) is 7.27. The van der Waals surface area contributed by atoms with Crippen LogP contribution in [0.2, 0.25) is 0 Å². The van der Waals surface area contributed by atoms with Crippen molar-refractivity contribution in [1.29, 1.82) is 0 Å². The molecule has 0 aromatic heterocycles. The van der Waals surface area contributed by atoms with Gasteiger partial charge >= 0.3 is 0 Å². The van der Waals surface area contributed by atoms with E-state index in [4.69, 9.17) is 0 Å². The van der Waals surface area contributed by atoms with Gasteiger partial charge in [-0.15, -0.1) is 0 Å². The van der Waals surface area contributed by atoms with Gasteiger partial charge in [-0.25, -0.2) is 0 Å². The summed E-state index contributed by atoms with van der Waals surface area (Å²) in [4.78, 5) is 0. The van der Waals surface area contributed by atoms with Crippen LogP contribution in [0.4, 0.5) is 0 Å². The van der Waals surface area contributed by atoms with E-state index < -0.39 is 0 Å². The largest absolute Gasteiger partial charge is 0.310 e. The van der Waals surface area contributed by atoms with E-state index in [0.717, 1.165) is 6.54 Å². The molecule has 0 amide bonds. The predicted molar refractivity (Wildman–Crippen MR) is 59.3 cm³/mol. The van der Waals surface area contributed by atoms with Crippen molar-refractivity contribution >= 4 is 22.6 Å². The topological polar surface area (TPSA) is 12.0 Å². The minimum atomic E-state index is 0.531. The van der Waals surface area contributed by atoms with E-state index in [0.29, 0.717) is 6.04 Å². The highest BCUT2D eigenvalue weighted by atomic mass is 127. The highest BCUT2D eigenvalue weighted by Gasteiger charge is 2.14. The predicted octanol–water partition coefficient (Wildman–Crippen LogP) is 2.50. The Labute approximate surface area is 86.7 Å². The van der Waals surface area contributed by atoms with Crippen molar-refractivity contribution in [2.24, 2.45) is 0 Å². The van der Waals surface area contributed by atoms with E-state index in [-0.39, 0.29) is 0 Å². The van der Waals surface area contributed by atoms with Gasteiger partial charge in [-0.2, -0.15) is 0 Å². The normalized spacial score (nSPS) is 22.0. The first kappa shape index (κ1) is 8.51.